The molecule has 2 saturated heterocycles. The number of carbonyl (C=O) groups excluding carboxylic acids is 1. The van der Waals surface area contributed by atoms with E-state index in [1.165, 1.54) is 0 Å². The fraction of sp³-hybridized carbons (Fsp3) is 0.923. The Hall–Kier alpha value is -0.850. The summed E-state index contributed by atoms with van der Waals surface area (Å²) in [6.07, 6.45) is -0.228. The minimum atomic E-state index is -0.434. The Kier molecular flexibility index (Phi) is 4.03. The monoisotopic (exact) mass is 271 g/mol. The van der Waals surface area contributed by atoms with Crippen LogP contribution in [0.15, 0.2) is 0 Å². The Labute approximate surface area is 114 Å². The van der Waals surface area contributed by atoms with Crippen LogP contribution in [0.5, 0.6) is 0 Å². The predicted molar refractivity (Wildman–Crippen MR) is 72.2 cm³/mol. The molecule has 0 bridgehead atoms. The first-order chi connectivity index (χ1) is 8.84. The SMILES string of the molecule is COC[C@@H]1CNCC2(CN(C(=O)OC(C)(C)C)C2)N1. The summed E-state index contributed by atoms with van der Waals surface area (Å²) in [7, 11) is 1.71. The first-order valence-electron chi connectivity index (χ1n) is 6.79. The Bertz CT molecular complexity index is 333. The standard InChI is InChI=1S/C13H25N3O3/c1-12(2,3)19-11(17)16-8-13(9-16)7-14-5-10(15-13)6-18-4/h10,14-15H,5-9H2,1-4H3/t10-/m0/s1. The second-order valence-corrected chi connectivity index (χ2v) is 6.54. The second kappa shape index (κ2) is 5.26. The van der Waals surface area contributed by atoms with E-state index in [2.05, 4.69) is 10.6 Å². The highest BCUT2D eigenvalue weighted by Gasteiger charge is 2.48. The van der Waals surface area contributed by atoms with Crippen LogP contribution in [-0.4, -0.2) is 68.1 Å². The molecule has 0 saturated carbocycles. The molecule has 2 aliphatic rings. The van der Waals surface area contributed by atoms with Crippen molar-refractivity contribution in [2.75, 3.05) is 39.9 Å². The third-order valence-corrected chi connectivity index (χ3v) is 3.37. The summed E-state index contributed by atoms with van der Waals surface area (Å²) in [4.78, 5) is 13.7. The van der Waals surface area contributed by atoms with E-state index in [1.807, 2.05) is 20.8 Å². The molecule has 0 aromatic heterocycles. The largest absolute Gasteiger partial charge is 0.444 e. The van der Waals surface area contributed by atoms with Crippen LogP contribution in [0.3, 0.4) is 0 Å². The molecule has 1 amide bonds. The average molecular weight is 271 g/mol. The lowest BCUT2D eigenvalue weighted by molar-refractivity contribution is -0.0278. The van der Waals surface area contributed by atoms with Gasteiger partial charge in [0.25, 0.3) is 0 Å². The molecule has 1 spiro atoms. The topological polar surface area (TPSA) is 62.8 Å². The van der Waals surface area contributed by atoms with Crippen molar-refractivity contribution >= 4 is 6.09 Å². The predicted octanol–water partition coefficient (Wildman–Crippen LogP) is 0.184. The second-order valence-electron chi connectivity index (χ2n) is 6.54. The Morgan fingerprint density at radius 3 is 2.68 bits per heavy atom. The van der Waals surface area contributed by atoms with Crippen LogP contribution in [0.25, 0.3) is 0 Å². The minimum absolute atomic E-state index is 0.0155. The molecular formula is C13H25N3O3. The molecular weight excluding hydrogens is 246 g/mol. The van der Waals surface area contributed by atoms with E-state index in [-0.39, 0.29) is 11.6 Å². The molecule has 0 aliphatic carbocycles. The molecule has 2 aliphatic heterocycles. The van der Waals surface area contributed by atoms with Crippen molar-refractivity contribution in [2.24, 2.45) is 0 Å². The summed E-state index contributed by atoms with van der Waals surface area (Å²) in [6.45, 7) is 9.50. The highest BCUT2D eigenvalue weighted by atomic mass is 16.6. The average Bonchev–Trinajstić information content (AvgIpc) is 2.24. The molecule has 0 radical (unpaired) electrons. The first-order valence-corrected chi connectivity index (χ1v) is 6.79. The lowest BCUT2D eigenvalue weighted by Crippen LogP contribution is -2.79. The maximum atomic E-state index is 11.9. The van der Waals surface area contributed by atoms with Gasteiger partial charge in [0.1, 0.15) is 5.60 Å². The first kappa shape index (κ1) is 14.6. The van der Waals surface area contributed by atoms with Crippen molar-refractivity contribution in [3.8, 4) is 0 Å². The molecule has 1 atom stereocenters. The minimum Gasteiger partial charge on any atom is -0.444 e. The molecule has 6 nitrogen and oxygen atoms in total. The number of hydrogen-bond acceptors (Lipinski definition) is 5. The third kappa shape index (κ3) is 3.58. The van der Waals surface area contributed by atoms with Crippen molar-refractivity contribution in [1.82, 2.24) is 15.5 Å². The third-order valence-electron chi connectivity index (χ3n) is 3.37. The van der Waals surface area contributed by atoms with Gasteiger partial charge in [-0.15, -0.1) is 0 Å². The number of nitrogens with zero attached hydrogens (tertiary/aromatic N) is 1. The van der Waals surface area contributed by atoms with Gasteiger partial charge in [0.15, 0.2) is 0 Å². The summed E-state index contributed by atoms with van der Waals surface area (Å²) in [5, 5.41) is 6.98. The molecule has 2 rings (SSSR count). The van der Waals surface area contributed by atoms with Crippen LogP contribution >= 0.6 is 0 Å². The molecule has 6 heteroatoms. The lowest BCUT2D eigenvalue weighted by atomic mass is 9.87. The van der Waals surface area contributed by atoms with Crippen LogP contribution in [0.4, 0.5) is 4.79 Å². The Balaban J connectivity index is 1.82. The maximum absolute atomic E-state index is 11.9. The number of carbonyl (C=O) groups is 1. The summed E-state index contributed by atoms with van der Waals surface area (Å²) in [6, 6.07) is 0.305. The van der Waals surface area contributed by atoms with E-state index in [0.717, 1.165) is 13.1 Å². The van der Waals surface area contributed by atoms with Gasteiger partial charge in [-0.3, -0.25) is 0 Å². The molecule has 19 heavy (non-hydrogen) atoms. The van der Waals surface area contributed by atoms with Gasteiger partial charge < -0.3 is 25.0 Å². The van der Waals surface area contributed by atoms with Crippen LogP contribution in [0.1, 0.15) is 20.8 Å². The molecule has 110 valence electrons. The number of ether oxygens (including phenoxy) is 2. The molecule has 0 unspecified atom stereocenters. The zero-order valence-corrected chi connectivity index (χ0v) is 12.3. The van der Waals surface area contributed by atoms with E-state index in [0.29, 0.717) is 25.7 Å². The number of hydrogen-bond donors (Lipinski definition) is 2. The van der Waals surface area contributed by atoms with Gasteiger partial charge in [0.2, 0.25) is 0 Å². The Morgan fingerprint density at radius 2 is 2.11 bits per heavy atom. The smallest absolute Gasteiger partial charge is 0.410 e. The van der Waals surface area contributed by atoms with E-state index in [9.17, 15) is 4.79 Å². The van der Waals surface area contributed by atoms with Crippen molar-refractivity contribution in [1.29, 1.82) is 0 Å². The Morgan fingerprint density at radius 1 is 1.42 bits per heavy atom. The van der Waals surface area contributed by atoms with Crippen LogP contribution < -0.4 is 10.6 Å². The number of likely N-dealkylation sites (tertiary alicyclic amines) is 1. The summed E-state index contributed by atoms with van der Waals surface area (Å²) < 4.78 is 10.5. The van der Waals surface area contributed by atoms with Gasteiger partial charge in [-0.05, 0) is 20.8 Å². The molecule has 2 N–H and O–H groups in total. The van der Waals surface area contributed by atoms with Gasteiger partial charge in [0, 0.05) is 39.3 Å². The number of amides is 1. The van der Waals surface area contributed by atoms with Crippen molar-refractivity contribution in [3.05, 3.63) is 0 Å². The fourth-order valence-electron chi connectivity index (χ4n) is 2.67. The fourth-order valence-corrected chi connectivity index (χ4v) is 2.67. The van der Waals surface area contributed by atoms with E-state index in [1.54, 1.807) is 12.0 Å². The molecule has 2 fully saturated rings. The number of rotatable bonds is 2. The van der Waals surface area contributed by atoms with Gasteiger partial charge in [-0.25, -0.2) is 4.79 Å². The lowest BCUT2D eigenvalue weighted by Gasteiger charge is -2.54. The number of piperazine rings is 1. The van der Waals surface area contributed by atoms with Gasteiger partial charge in [0.05, 0.1) is 12.1 Å². The van der Waals surface area contributed by atoms with E-state index < -0.39 is 5.60 Å². The van der Waals surface area contributed by atoms with Crippen LogP contribution in [-0.2, 0) is 9.47 Å². The maximum Gasteiger partial charge on any atom is 0.410 e. The van der Waals surface area contributed by atoms with Crippen LogP contribution in [0.2, 0.25) is 0 Å². The normalized spacial score (nSPS) is 26.1. The summed E-state index contributed by atoms with van der Waals surface area (Å²) in [5.41, 5.74) is -0.449. The molecule has 0 aromatic carbocycles. The van der Waals surface area contributed by atoms with E-state index in [4.69, 9.17) is 9.47 Å². The highest BCUT2D eigenvalue weighted by molar-refractivity contribution is 5.70. The number of methoxy groups -OCH3 is 1. The molecule has 2 heterocycles. The van der Waals surface area contributed by atoms with E-state index >= 15 is 0 Å². The zero-order chi connectivity index (χ0) is 14.1. The van der Waals surface area contributed by atoms with Gasteiger partial charge >= 0.3 is 6.09 Å². The quantitative estimate of drug-likeness (QED) is 0.750. The van der Waals surface area contributed by atoms with Gasteiger partial charge in [-0.2, -0.15) is 0 Å². The zero-order valence-electron chi connectivity index (χ0n) is 12.3. The highest BCUT2D eigenvalue weighted by Crippen LogP contribution is 2.25. The van der Waals surface area contributed by atoms with Crippen molar-refractivity contribution in [3.63, 3.8) is 0 Å². The van der Waals surface area contributed by atoms with Crippen LogP contribution in [0, 0.1) is 0 Å². The van der Waals surface area contributed by atoms with Crippen molar-refractivity contribution < 1.29 is 14.3 Å². The summed E-state index contributed by atoms with van der Waals surface area (Å²) in [5.74, 6) is 0. The van der Waals surface area contributed by atoms with Gasteiger partial charge in [-0.1, -0.05) is 0 Å². The number of nitrogens with one attached hydrogen (secondary N) is 2. The van der Waals surface area contributed by atoms with Crippen molar-refractivity contribution in [2.45, 2.75) is 38.0 Å². The molecule has 0 aromatic rings. The summed E-state index contributed by atoms with van der Waals surface area (Å²) >= 11 is 0.